The standard InChI is InChI=1S/C12H14BrNO2/c13-9-5-2-6-10(11(9)12(15)16)14-7-8-3-1-4-8/h2,5-6,8,14H,1,3-4,7H2,(H,15,16). The lowest BCUT2D eigenvalue weighted by Crippen LogP contribution is -2.21. The highest BCUT2D eigenvalue weighted by molar-refractivity contribution is 9.10. The van der Waals surface area contributed by atoms with Crippen molar-refractivity contribution in [2.24, 2.45) is 5.92 Å². The van der Waals surface area contributed by atoms with Gasteiger partial charge in [0.2, 0.25) is 0 Å². The van der Waals surface area contributed by atoms with Gasteiger partial charge in [-0.1, -0.05) is 12.5 Å². The Labute approximate surface area is 103 Å². The van der Waals surface area contributed by atoms with Gasteiger partial charge in [-0.05, 0) is 46.8 Å². The summed E-state index contributed by atoms with van der Waals surface area (Å²) in [7, 11) is 0. The second-order valence-corrected chi connectivity index (χ2v) is 5.00. The lowest BCUT2D eigenvalue weighted by Gasteiger charge is -2.26. The van der Waals surface area contributed by atoms with Crippen LogP contribution in [0.2, 0.25) is 0 Å². The summed E-state index contributed by atoms with van der Waals surface area (Å²) in [6, 6.07) is 5.41. The molecule has 0 aromatic heterocycles. The van der Waals surface area contributed by atoms with Gasteiger partial charge < -0.3 is 10.4 Å². The van der Waals surface area contributed by atoms with Crippen LogP contribution in [-0.4, -0.2) is 17.6 Å². The largest absolute Gasteiger partial charge is 0.478 e. The first kappa shape index (κ1) is 11.5. The van der Waals surface area contributed by atoms with Crippen LogP contribution in [0.25, 0.3) is 0 Å². The van der Waals surface area contributed by atoms with E-state index in [1.807, 2.05) is 12.1 Å². The highest BCUT2D eigenvalue weighted by Crippen LogP contribution is 2.29. The Hall–Kier alpha value is -1.03. The number of carboxylic acids is 1. The van der Waals surface area contributed by atoms with Crippen LogP contribution in [0.1, 0.15) is 29.6 Å². The molecule has 0 bridgehead atoms. The van der Waals surface area contributed by atoms with Crippen molar-refractivity contribution in [3.8, 4) is 0 Å². The summed E-state index contributed by atoms with van der Waals surface area (Å²) in [4.78, 5) is 11.1. The molecule has 1 aliphatic carbocycles. The second-order valence-electron chi connectivity index (χ2n) is 4.15. The Balaban J connectivity index is 2.12. The van der Waals surface area contributed by atoms with E-state index >= 15 is 0 Å². The normalized spacial score (nSPS) is 15.6. The minimum Gasteiger partial charge on any atom is -0.478 e. The fraction of sp³-hybridized carbons (Fsp3) is 0.417. The highest BCUT2D eigenvalue weighted by Gasteiger charge is 2.19. The maximum Gasteiger partial charge on any atom is 0.338 e. The van der Waals surface area contributed by atoms with Crippen molar-refractivity contribution >= 4 is 27.6 Å². The van der Waals surface area contributed by atoms with Gasteiger partial charge in [-0.15, -0.1) is 0 Å². The van der Waals surface area contributed by atoms with Gasteiger partial charge in [-0.2, -0.15) is 0 Å². The molecular weight excluding hydrogens is 270 g/mol. The van der Waals surface area contributed by atoms with Gasteiger partial charge in [-0.3, -0.25) is 0 Å². The molecule has 2 N–H and O–H groups in total. The van der Waals surface area contributed by atoms with Crippen LogP contribution < -0.4 is 5.32 Å². The van der Waals surface area contributed by atoms with Gasteiger partial charge in [-0.25, -0.2) is 4.79 Å². The maximum atomic E-state index is 11.1. The molecule has 1 aromatic rings. The summed E-state index contributed by atoms with van der Waals surface area (Å²) in [5.41, 5.74) is 1.02. The summed E-state index contributed by atoms with van der Waals surface area (Å²) in [6.07, 6.45) is 3.81. The van der Waals surface area contributed by atoms with Crippen molar-refractivity contribution in [1.29, 1.82) is 0 Å². The van der Waals surface area contributed by atoms with Crippen molar-refractivity contribution in [2.45, 2.75) is 19.3 Å². The van der Waals surface area contributed by atoms with Gasteiger partial charge >= 0.3 is 5.97 Å². The molecule has 1 fully saturated rings. The van der Waals surface area contributed by atoms with Crippen molar-refractivity contribution < 1.29 is 9.90 Å². The SMILES string of the molecule is O=C(O)c1c(Br)cccc1NCC1CCC1. The Bertz CT molecular complexity index is 402. The summed E-state index contributed by atoms with van der Waals surface area (Å²) >= 11 is 3.26. The van der Waals surface area contributed by atoms with E-state index in [4.69, 9.17) is 5.11 Å². The van der Waals surface area contributed by atoms with E-state index in [-0.39, 0.29) is 0 Å². The average molecular weight is 284 g/mol. The number of halogens is 1. The number of carboxylic acid groups (broad SMARTS) is 1. The quantitative estimate of drug-likeness (QED) is 0.891. The molecule has 2 rings (SSSR count). The number of nitrogens with one attached hydrogen (secondary N) is 1. The number of hydrogen-bond acceptors (Lipinski definition) is 2. The van der Waals surface area contributed by atoms with Crippen LogP contribution in [0.15, 0.2) is 22.7 Å². The number of anilines is 1. The maximum absolute atomic E-state index is 11.1. The first-order valence-electron chi connectivity index (χ1n) is 5.44. The van der Waals surface area contributed by atoms with Crippen LogP contribution in [0.3, 0.4) is 0 Å². The summed E-state index contributed by atoms with van der Waals surface area (Å²) in [6.45, 7) is 0.872. The van der Waals surface area contributed by atoms with E-state index in [0.717, 1.165) is 6.54 Å². The number of benzene rings is 1. The first-order chi connectivity index (χ1) is 7.68. The molecule has 86 valence electrons. The van der Waals surface area contributed by atoms with Crippen LogP contribution in [0.5, 0.6) is 0 Å². The number of carbonyl (C=O) groups is 1. The molecule has 1 aromatic carbocycles. The molecule has 0 atom stereocenters. The minimum atomic E-state index is -0.899. The van der Waals surface area contributed by atoms with Gasteiger partial charge in [0.25, 0.3) is 0 Å². The van der Waals surface area contributed by atoms with Crippen molar-refractivity contribution in [2.75, 3.05) is 11.9 Å². The van der Waals surface area contributed by atoms with E-state index < -0.39 is 5.97 Å². The molecule has 1 aliphatic rings. The molecule has 3 nitrogen and oxygen atoms in total. The van der Waals surface area contributed by atoms with Crippen molar-refractivity contribution in [3.05, 3.63) is 28.2 Å². The van der Waals surface area contributed by atoms with Gasteiger partial charge in [0.05, 0.1) is 5.56 Å². The predicted octanol–water partition coefficient (Wildman–Crippen LogP) is 3.36. The third kappa shape index (κ3) is 2.38. The average Bonchev–Trinajstić information content (AvgIpc) is 2.14. The highest BCUT2D eigenvalue weighted by atomic mass is 79.9. The van der Waals surface area contributed by atoms with Crippen LogP contribution >= 0.6 is 15.9 Å². The topological polar surface area (TPSA) is 49.3 Å². The Kier molecular flexibility index (Phi) is 3.49. The zero-order chi connectivity index (χ0) is 11.5. The van der Waals surface area contributed by atoms with Crippen LogP contribution in [0, 0.1) is 5.92 Å². The van der Waals surface area contributed by atoms with Gasteiger partial charge in [0.15, 0.2) is 0 Å². The monoisotopic (exact) mass is 283 g/mol. The number of aromatic carboxylic acids is 1. The molecule has 0 saturated heterocycles. The lowest BCUT2D eigenvalue weighted by atomic mass is 9.85. The molecule has 0 aliphatic heterocycles. The number of hydrogen-bond donors (Lipinski definition) is 2. The molecule has 4 heteroatoms. The summed E-state index contributed by atoms with van der Waals surface area (Å²) in [5, 5.41) is 12.3. The third-order valence-electron chi connectivity index (χ3n) is 3.03. The summed E-state index contributed by atoms with van der Waals surface area (Å²) < 4.78 is 0.624. The van der Waals surface area contributed by atoms with Crippen LogP contribution in [-0.2, 0) is 0 Å². The molecular formula is C12H14BrNO2. The summed E-state index contributed by atoms with van der Waals surface area (Å²) in [5.74, 6) is -0.191. The molecule has 0 heterocycles. The third-order valence-corrected chi connectivity index (χ3v) is 3.69. The van der Waals surface area contributed by atoms with E-state index in [0.29, 0.717) is 21.6 Å². The fourth-order valence-electron chi connectivity index (χ4n) is 1.84. The Morgan fingerprint density at radius 1 is 1.50 bits per heavy atom. The van der Waals surface area contributed by atoms with E-state index in [9.17, 15) is 4.79 Å². The Morgan fingerprint density at radius 3 is 2.81 bits per heavy atom. The second kappa shape index (κ2) is 4.87. The van der Waals surface area contributed by atoms with E-state index in [1.165, 1.54) is 19.3 Å². The van der Waals surface area contributed by atoms with Crippen molar-refractivity contribution in [3.63, 3.8) is 0 Å². The first-order valence-corrected chi connectivity index (χ1v) is 6.23. The van der Waals surface area contributed by atoms with Gasteiger partial charge in [0.1, 0.15) is 0 Å². The Morgan fingerprint density at radius 2 is 2.25 bits per heavy atom. The molecule has 0 radical (unpaired) electrons. The lowest BCUT2D eigenvalue weighted by molar-refractivity contribution is 0.0697. The molecule has 0 spiro atoms. The smallest absolute Gasteiger partial charge is 0.338 e. The molecule has 0 unspecified atom stereocenters. The molecule has 1 saturated carbocycles. The zero-order valence-corrected chi connectivity index (χ0v) is 10.5. The minimum absolute atomic E-state index is 0.321. The molecule has 16 heavy (non-hydrogen) atoms. The zero-order valence-electron chi connectivity index (χ0n) is 8.87. The van der Waals surface area contributed by atoms with Crippen molar-refractivity contribution in [1.82, 2.24) is 0 Å². The van der Waals surface area contributed by atoms with E-state index in [2.05, 4.69) is 21.2 Å². The fourth-order valence-corrected chi connectivity index (χ4v) is 2.38. The van der Waals surface area contributed by atoms with E-state index in [1.54, 1.807) is 6.07 Å². The number of rotatable bonds is 4. The van der Waals surface area contributed by atoms with Crippen LogP contribution in [0.4, 0.5) is 5.69 Å². The predicted molar refractivity (Wildman–Crippen MR) is 66.9 cm³/mol. The molecule has 0 amide bonds. The van der Waals surface area contributed by atoms with Gasteiger partial charge in [0, 0.05) is 16.7 Å².